The van der Waals surface area contributed by atoms with E-state index in [4.69, 9.17) is 5.73 Å². The third kappa shape index (κ3) is 3.55. The van der Waals surface area contributed by atoms with Crippen LogP contribution in [-0.2, 0) is 0 Å². The number of carbonyl (C=O) groups is 1. The van der Waals surface area contributed by atoms with Crippen molar-refractivity contribution in [2.24, 2.45) is 0 Å². The van der Waals surface area contributed by atoms with Crippen LogP contribution < -0.4 is 11.1 Å². The predicted octanol–water partition coefficient (Wildman–Crippen LogP) is 1.99. The van der Waals surface area contributed by atoms with Crippen molar-refractivity contribution < 1.29 is 9.18 Å². The lowest BCUT2D eigenvalue weighted by molar-refractivity contribution is 0.0950. The highest BCUT2D eigenvalue weighted by Gasteiger charge is 2.17. The van der Waals surface area contributed by atoms with Gasteiger partial charge in [-0.05, 0) is 18.2 Å². The molecule has 1 heterocycles. The average molecular weight is 286 g/mol. The van der Waals surface area contributed by atoms with Crippen molar-refractivity contribution in [3.8, 4) is 0 Å². The van der Waals surface area contributed by atoms with Crippen molar-refractivity contribution in [1.29, 1.82) is 0 Å². The molecule has 0 aliphatic carbocycles. The summed E-state index contributed by atoms with van der Waals surface area (Å²) in [5, 5.41) is 3.18. The van der Waals surface area contributed by atoms with Crippen LogP contribution >= 0.6 is 23.5 Å². The topological polar surface area (TPSA) is 55.1 Å². The van der Waals surface area contributed by atoms with E-state index in [2.05, 4.69) is 5.32 Å². The Balaban J connectivity index is 1.92. The number of nitrogens with one attached hydrogen (secondary N) is 1. The highest BCUT2D eigenvalue weighted by molar-refractivity contribution is 8.06. The number of hydrogen-bond acceptors (Lipinski definition) is 4. The van der Waals surface area contributed by atoms with Crippen molar-refractivity contribution >= 4 is 35.1 Å². The number of nitrogen functional groups attached to an aromatic ring is 1. The van der Waals surface area contributed by atoms with Crippen molar-refractivity contribution in [3.63, 3.8) is 0 Å². The molecule has 3 N–H and O–H groups in total. The summed E-state index contributed by atoms with van der Waals surface area (Å²) >= 11 is 3.74. The van der Waals surface area contributed by atoms with Crippen LogP contribution in [0, 0.1) is 5.82 Å². The standard InChI is InChI=1S/C12H15FN2OS2/c13-11-2-1-8(14)5-10(11)12(16)15-6-9-7-17-3-4-18-9/h1-2,5,9H,3-4,6-7,14H2,(H,15,16). The number of anilines is 1. The van der Waals surface area contributed by atoms with Gasteiger partial charge in [-0.15, -0.1) is 0 Å². The van der Waals surface area contributed by atoms with E-state index in [1.54, 1.807) is 0 Å². The summed E-state index contributed by atoms with van der Waals surface area (Å²) in [5.41, 5.74) is 5.96. The first-order valence-corrected chi connectivity index (χ1v) is 7.90. The molecule has 1 aromatic carbocycles. The minimum Gasteiger partial charge on any atom is -0.399 e. The van der Waals surface area contributed by atoms with Gasteiger partial charge in [0.1, 0.15) is 5.82 Å². The van der Waals surface area contributed by atoms with E-state index in [1.165, 1.54) is 24.0 Å². The smallest absolute Gasteiger partial charge is 0.254 e. The van der Waals surface area contributed by atoms with Gasteiger partial charge in [0.2, 0.25) is 0 Å². The molecule has 0 aromatic heterocycles. The third-order valence-corrected chi connectivity index (χ3v) is 5.46. The Morgan fingerprint density at radius 2 is 2.33 bits per heavy atom. The third-order valence-electron chi connectivity index (χ3n) is 2.61. The van der Waals surface area contributed by atoms with Crippen LogP contribution in [0.25, 0.3) is 0 Å². The molecule has 6 heteroatoms. The van der Waals surface area contributed by atoms with Crippen molar-refractivity contribution in [2.75, 3.05) is 29.5 Å². The maximum absolute atomic E-state index is 13.5. The van der Waals surface area contributed by atoms with Crippen LogP contribution in [0.2, 0.25) is 0 Å². The maximum atomic E-state index is 13.5. The van der Waals surface area contributed by atoms with E-state index >= 15 is 0 Å². The molecular formula is C12H15FN2OS2. The Kier molecular flexibility index (Phi) is 4.77. The van der Waals surface area contributed by atoms with E-state index in [9.17, 15) is 9.18 Å². The summed E-state index contributed by atoms with van der Waals surface area (Å²) in [5.74, 6) is 2.38. The number of hydrogen-bond donors (Lipinski definition) is 2. The van der Waals surface area contributed by atoms with Gasteiger partial charge < -0.3 is 11.1 Å². The van der Waals surface area contributed by atoms with E-state index in [0.29, 0.717) is 17.5 Å². The summed E-state index contributed by atoms with van der Waals surface area (Å²) < 4.78 is 13.5. The average Bonchev–Trinajstić information content (AvgIpc) is 2.40. The molecule has 1 atom stereocenters. The van der Waals surface area contributed by atoms with Crippen LogP contribution in [-0.4, -0.2) is 35.0 Å². The fraction of sp³-hybridized carbons (Fsp3) is 0.417. The molecule has 0 spiro atoms. The van der Waals surface area contributed by atoms with Crippen LogP contribution in [0.15, 0.2) is 18.2 Å². The first-order chi connectivity index (χ1) is 8.66. The van der Waals surface area contributed by atoms with Gasteiger partial charge in [0, 0.05) is 34.7 Å². The zero-order valence-corrected chi connectivity index (χ0v) is 11.5. The first kappa shape index (κ1) is 13.5. The van der Waals surface area contributed by atoms with Crippen LogP contribution in [0.3, 0.4) is 0 Å². The van der Waals surface area contributed by atoms with Gasteiger partial charge in [-0.3, -0.25) is 4.79 Å². The van der Waals surface area contributed by atoms with Crippen molar-refractivity contribution in [2.45, 2.75) is 5.25 Å². The van der Waals surface area contributed by atoms with Gasteiger partial charge in [0.15, 0.2) is 0 Å². The number of amides is 1. The Bertz CT molecular complexity index is 436. The number of rotatable bonds is 3. The highest BCUT2D eigenvalue weighted by Crippen LogP contribution is 2.23. The van der Waals surface area contributed by atoms with Gasteiger partial charge in [0.05, 0.1) is 5.56 Å². The zero-order valence-electron chi connectivity index (χ0n) is 9.82. The summed E-state index contributed by atoms with van der Waals surface area (Å²) in [7, 11) is 0. The Morgan fingerprint density at radius 3 is 3.06 bits per heavy atom. The Hall–Kier alpha value is -0.880. The quantitative estimate of drug-likeness (QED) is 0.834. The molecule has 1 saturated heterocycles. The second-order valence-corrected chi connectivity index (χ2v) is 6.58. The number of benzene rings is 1. The summed E-state index contributed by atoms with van der Waals surface area (Å²) in [6, 6.07) is 4.03. The molecule has 98 valence electrons. The number of nitrogens with two attached hydrogens (primary N) is 1. The summed E-state index contributed by atoms with van der Waals surface area (Å²) in [4.78, 5) is 11.8. The molecule has 3 nitrogen and oxygen atoms in total. The molecule has 0 saturated carbocycles. The number of thioether (sulfide) groups is 2. The predicted molar refractivity (Wildman–Crippen MR) is 76.7 cm³/mol. The van der Waals surface area contributed by atoms with Crippen molar-refractivity contribution in [3.05, 3.63) is 29.6 Å². The van der Waals surface area contributed by atoms with E-state index < -0.39 is 11.7 Å². The van der Waals surface area contributed by atoms with E-state index in [1.807, 2.05) is 23.5 Å². The largest absolute Gasteiger partial charge is 0.399 e. The first-order valence-electron chi connectivity index (χ1n) is 5.69. The van der Waals surface area contributed by atoms with Crippen LogP contribution in [0.1, 0.15) is 10.4 Å². The van der Waals surface area contributed by atoms with E-state index in [0.717, 1.165) is 11.5 Å². The molecule has 1 aliphatic rings. The number of halogens is 1. The van der Waals surface area contributed by atoms with Crippen molar-refractivity contribution in [1.82, 2.24) is 5.32 Å². The lowest BCUT2D eigenvalue weighted by atomic mass is 10.1. The second kappa shape index (κ2) is 6.33. The molecule has 1 amide bonds. The van der Waals surface area contributed by atoms with Gasteiger partial charge in [0.25, 0.3) is 5.91 Å². The second-order valence-electron chi connectivity index (χ2n) is 4.02. The highest BCUT2D eigenvalue weighted by atomic mass is 32.2. The molecule has 0 bridgehead atoms. The molecule has 1 unspecified atom stereocenters. The lowest BCUT2D eigenvalue weighted by Gasteiger charge is -2.21. The Morgan fingerprint density at radius 1 is 1.50 bits per heavy atom. The van der Waals surface area contributed by atoms with Gasteiger partial charge in [-0.2, -0.15) is 23.5 Å². The molecular weight excluding hydrogens is 271 g/mol. The summed E-state index contributed by atoms with van der Waals surface area (Å²) in [6.07, 6.45) is 0. The fourth-order valence-corrected chi connectivity index (χ4v) is 4.28. The Labute approximate surface area is 114 Å². The summed E-state index contributed by atoms with van der Waals surface area (Å²) in [6.45, 7) is 0.574. The zero-order chi connectivity index (χ0) is 13.0. The molecule has 0 radical (unpaired) electrons. The van der Waals surface area contributed by atoms with Gasteiger partial charge in [-0.1, -0.05) is 0 Å². The molecule has 18 heavy (non-hydrogen) atoms. The number of carbonyl (C=O) groups excluding carboxylic acids is 1. The molecule has 2 rings (SSSR count). The molecule has 1 aromatic rings. The minimum absolute atomic E-state index is 0.0171. The lowest BCUT2D eigenvalue weighted by Crippen LogP contribution is -2.33. The minimum atomic E-state index is -0.535. The fourth-order valence-electron chi connectivity index (χ4n) is 1.67. The monoisotopic (exact) mass is 286 g/mol. The normalized spacial score (nSPS) is 19.5. The van der Waals surface area contributed by atoms with Crippen LogP contribution in [0.5, 0.6) is 0 Å². The molecule has 1 fully saturated rings. The van der Waals surface area contributed by atoms with Crippen LogP contribution in [0.4, 0.5) is 10.1 Å². The molecule has 1 aliphatic heterocycles. The van der Waals surface area contributed by atoms with Gasteiger partial charge >= 0.3 is 0 Å². The SMILES string of the molecule is Nc1ccc(F)c(C(=O)NCC2CSCCS2)c1. The maximum Gasteiger partial charge on any atom is 0.254 e. The van der Waals surface area contributed by atoms with Gasteiger partial charge in [-0.25, -0.2) is 4.39 Å². The van der Waals surface area contributed by atoms with E-state index in [-0.39, 0.29) is 5.56 Å².